The van der Waals surface area contributed by atoms with Crippen LogP contribution in [0.5, 0.6) is 0 Å². The SMILES string of the molecule is C=CC(=O)CCCCCCCCCCCCCC/C=C/CCCCCCCC. The molecule has 0 aromatic carbocycles. The van der Waals surface area contributed by atoms with Crippen molar-refractivity contribution in [3.8, 4) is 0 Å². The minimum Gasteiger partial charge on any atom is -0.295 e. The summed E-state index contributed by atoms with van der Waals surface area (Å²) >= 11 is 0. The fourth-order valence-electron chi connectivity index (χ4n) is 3.71. The summed E-state index contributed by atoms with van der Waals surface area (Å²) in [7, 11) is 0. The number of rotatable bonds is 23. The van der Waals surface area contributed by atoms with Crippen LogP contribution in [0.2, 0.25) is 0 Å². The molecule has 0 aromatic heterocycles. The zero-order valence-corrected chi connectivity index (χ0v) is 19.2. The fraction of sp³-hybridized carbons (Fsp3) is 0.815. The van der Waals surface area contributed by atoms with Crippen LogP contribution in [-0.2, 0) is 4.79 Å². The number of unbranched alkanes of at least 4 members (excludes halogenated alkanes) is 18. The van der Waals surface area contributed by atoms with E-state index < -0.39 is 0 Å². The van der Waals surface area contributed by atoms with Gasteiger partial charge in [-0.3, -0.25) is 4.79 Å². The van der Waals surface area contributed by atoms with E-state index in [-0.39, 0.29) is 5.78 Å². The maximum atomic E-state index is 11.1. The molecular weight excluding hydrogens is 340 g/mol. The highest BCUT2D eigenvalue weighted by molar-refractivity contribution is 5.88. The summed E-state index contributed by atoms with van der Waals surface area (Å²) in [6.45, 7) is 5.80. The van der Waals surface area contributed by atoms with Crippen molar-refractivity contribution in [3.63, 3.8) is 0 Å². The fourth-order valence-corrected chi connectivity index (χ4v) is 3.71. The van der Waals surface area contributed by atoms with Crippen molar-refractivity contribution in [2.75, 3.05) is 0 Å². The van der Waals surface area contributed by atoms with E-state index in [0.717, 1.165) is 6.42 Å². The second-order valence-corrected chi connectivity index (χ2v) is 8.48. The quantitative estimate of drug-likeness (QED) is 0.0964. The first-order chi connectivity index (χ1) is 13.8. The van der Waals surface area contributed by atoms with Gasteiger partial charge in [-0.2, -0.15) is 0 Å². The Kier molecular flexibility index (Phi) is 23.5. The molecule has 0 saturated carbocycles. The number of hydrogen-bond acceptors (Lipinski definition) is 1. The third-order valence-corrected chi connectivity index (χ3v) is 5.66. The van der Waals surface area contributed by atoms with Crippen LogP contribution < -0.4 is 0 Å². The molecule has 0 heterocycles. The van der Waals surface area contributed by atoms with E-state index in [9.17, 15) is 4.79 Å². The second kappa shape index (κ2) is 24.2. The molecule has 0 spiro atoms. The Labute approximate surface area is 177 Å². The van der Waals surface area contributed by atoms with Crippen LogP contribution in [0.1, 0.15) is 142 Å². The highest BCUT2D eigenvalue weighted by Crippen LogP contribution is 2.13. The summed E-state index contributed by atoms with van der Waals surface area (Å²) in [5.41, 5.74) is 0. The van der Waals surface area contributed by atoms with Gasteiger partial charge in [-0.05, 0) is 38.2 Å². The third-order valence-electron chi connectivity index (χ3n) is 5.66. The molecule has 1 nitrogen and oxygen atoms in total. The van der Waals surface area contributed by atoms with Gasteiger partial charge >= 0.3 is 0 Å². The largest absolute Gasteiger partial charge is 0.295 e. The van der Waals surface area contributed by atoms with Gasteiger partial charge < -0.3 is 0 Å². The highest BCUT2D eigenvalue weighted by Gasteiger charge is 1.96. The molecule has 0 aliphatic carbocycles. The number of ketones is 1. The Morgan fingerprint density at radius 3 is 1.32 bits per heavy atom. The molecule has 0 aliphatic heterocycles. The molecule has 0 fully saturated rings. The first-order valence-corrected chi connectivity index (χ1v) is 12.6. The Morgan fingerprint density at radius 1 is 0.571 bits per heavy atom. The zero-order valence-electron chi connectivity index (χ0n) is 19.2. The first kappa shape index (κ1) is 27.1. The lowest BCUT2D eigenvalue weighted by Gasteiger charge is -2.02. The predicted molar refractivity (Wildman–Crippen MR) is 127 cm³/mol. The second-order valence-electron chi connectivity index (χ2n) is 8.48. The van der Waals surface area contributed by atoms with E-state index in [2.05, 4.69) is 25.7 Å². The summed E-state index contributed by atoms with van der Waals surface area (Å²) < 4.78 is 0. The lowest BCUT2D eigenvalue weighted by atomic mass is 10.0. The van der Waals surface area contributed by atoms with Gasteiger partial charge in [0.25, 0.3) is 0 Å². The van der Waals surface area contributed by atoms with E-state index in [1.165, 1.54) is 128 Å². The van der Waals surface area contributed by atoms with Gasteiger partial charge in [0.2, 0.25) is 0 Å². The van der Waals surface area contributed by atoms with Crippen LogP contribution in [0.3, 0.4) is 0 Å². The molecule has 0 atom stereocenters. The van der Waals surface area contributed by atoms with Crippen molar-refractivity contribution in [1.82, 2.24) is 0 Å². The number of carbonyl (C=O) groups excluding carboxylic acids is 1. The molecule has 1 heteroatoms. The van der Waals surface area contributed by atoms with Crippen LogP contribution in [-0.4, -0.2) is 5.78 Å². The minimum atomic E-state index is 0.198. The van der Waals surface area contributed by atoms with Crippen LogP contribution in [0.25, 0.3) is 0 Å². The lowest BCUT2D eigenvalue weighted by Crippen LogP contribution is -1.91. The van der Waals surface area contributed by atoms with E-state index in [4.69, 9.17) is 0 Å². The molecule has 0 rings (SSSR count). The predicted octanol–water partition coefficient (Wildman–Crippen LogP) is 9.51. The van der Waals surface area contributed by atoms with E-state index in [0.29, 0.717) is 6.42 Å². The molecule has 0 N–H and O–H groups in total. The highest BCUT2D eigenvalue weighted by atomic mass is 16.1. The maximum absolute atomic E-state index is 11.1. The average molecular weight is 391 g/mol. The normalized spacial score (nSPS) is 11.3. The van der Waals surface area contributed by atoms with Crippen LogP contribution in [0.4, 0.5) is 0 Å². The van der Waals surface area contributed by atoms with Crippen LogP contribution in [0, 0.1) is 0 Å². The number of allylic oxidation sites excluding steroid dienone is 3. The van der Waals surface area contributed by atoms with Crippen LogP contribution in [0.15, 0.2) is 24.8 Å². The molecule has 28 heavy (non-hydrogen) atoms. The van der Waals surface area contributed by atoms with Crippen molar-refractivity contribution < 1.29 is 4.79 Å². The Morgan fingerprint density at radius 2 is 0.929 bits per heavy atom. The van der Waals surface area contributed by atoms with E-state index in [1.54, 1.807) is 0 Å². The van der Waals surface area contributed by atoms with E-state index >= 15 is 0 Å². The Balaban J connectivity index is 3.09. The molecule has 0 radical (unpaired) electrons. The van der Waals surface area contributed by atoms with Crippen molar-refractivity contribution in [2.45, 2.75) is 142 Å². The smallest absolute Gasteiger partial charge is 0.155 e. The average Bonchev–Trinajstić information content (AvgIpc) is 2.71. The molecule has 0 aromatic rings. The van der Waals surface area contributed by atoms with Gasteiger partial charge in [0, 0.05) is 6.42 Å². The van der Waals surface area contributed by atoms with Crippen molar-refractivity contribution in [1.29, 1.82) is 0 Å². The monoisotopic (exact) mass is 390 g/mol. The third kappa shape index (κ3) is 23.2. The molecule has 0 bridgehead atoms. The zero-order chi connectivity index (χ0) is 20.5. The maximum Gasteiger partial charge on any atom is 0.155 e. The van der Waals surface area contributed by atoms with Crippen LogP contribution >= 0.6 is 0 Å². The Hall–Kier alpha value is -0.850. The Bertz CT molecular complexity index is 355. The molecule has 0 aliphatic rings. The molecule has 0 amide bonds. The number of carbonyl (C=O) groups is 1. The van der Waals surface area contributed by atoms with Crippen molar-refractivity contribution >= 4 is 5.78 Å². The standard InChI is InChI=1S/C27H50O/c1-3-5-6-7-8-9-10-11-12-13-14-15-16-17-18-19-20-21-22-23-24-25-26-27(28)4-2/h4,11-12H,2-3,5-10,13-26H2,1H3/b12-11+. The van der Waals surface area contributed by atoms with E-state index in [1.807, 2.05) is 0 Å². The van der Waals surface area contributed by atoms with Gasteiger partial charge in [-0.25, -0.2) is 0 Å². The van der Waals surface area contributed by atoms with Gasteiger partial charge in [-0.15, -0.1) is 0 Å². The minimum absolute atomic E-state index is 0.198. The summed E-state index contributed by atoms with van der Waals surface area (Å²) in [6.07, 6.45) is 34.1. The topological polar surface area (TPSA) is 17.1 Å². The molecular formula is C27H50O. The molecule has 0 unspecified atom stereocenters. The lowest BCUT2D eigenvalue weighted by molar-refractivity contribution is -0.114. The van der Waals surface area contributed by atoms with Crippen molar-refractivity contribution in [3.05, 3.63) is 24.8 Å². The molecule has 0 saturated heterocycles. The van der Waals surface area contributed by atoms with Crippen molar-refractivity contribution in [2.24, 2.45) is 0 Å². The summed E-state index contributed by atoms with van der Waals surface area (Å²) in [5.74, 6) is 0.198. The van der Waals surface area contributed by atoms with Gasteiger partial charge in [-0.1, -0.05) is 122 Å². The van der Waals surface area contributed by atoms with Gasteiger partial charge in [0.15, 0.2) is 5.78 Å². The summed E-state index contributed by atoms with van der Waals surface area (Å²) in [6, 6.07) is 0. The number of hydrogen-bond donors (Lipinski definition) is 0. The first-order valence-electron chi connectivity index (χ1n) is 12.6. The molecule has 164 valence electrons. The summed E-state index contributed by atoms with van der Waals surface area (Å²) in [4.78, 5) is 11.1. The van der Waals surface area contributed by atoms with Gasteiger partial charge in [0.1, 0.15) is 0 Å². The van der Waals surface area contributed by atoms with Gasteiger partial charge in [0.05, 0.1) is 0 Å². The summed E-state index contributed by atoms with van der Waals surface area (Å²) in [5, 5.41) is 0.